The van der Waals surface area contributed by atoms with Gasteiger partial charge in [0, 0.05) is 0 Å². The Morgan fingerprint density at radius 1 is 0.800 bits per heavy atom. The summed E-state index contributed by atoms with van der Waals surface area (Å²) < 4.78 is 16.5. The molecule has 0 aliphatic rings. The molecule has 0 amide bonds. The van der Waals surface area contributed by atoms with Crippen molar-refractivity contribution >= 4 is 32.4 Å². The van der Waals surface area contributed by atoms with Crippen LogP contribution in [0.2, 0.25) is 19.6 Å². The van der Waals surface area contributed by atoms with Crippen molar-refractivity contribution in [1.82, 2.24) is 0 Å². The number of esters is 2. The first-order valence-corrected chi connectivity index (χ1v) is 13.5. The molecule has 9 nitrogen and oxygen atoms in total. The summed E-state index contributed by atoms with van der Waals surface area (Å²) in [5.41, 5.74) is 0. The van der Waals surface area contributed by atoms with Crippen molar-refractivity contribution < 1.29 is 33.1 Å². The zero-order chi connectivity index (χ0) is 23.3. The monoisotopic (exact) mass is 442 g/mol. The molecule has 0 saturated carbocycles. The second kappa shape index (κ2) is 14.0. The number of hydrogen-bond acceptors (Lipinski definition) is 9. The standard InChI is InChI=1S/C20H34N2O7Si/c1-14(2)8-17(21-12-23)19(25)27-10-16(29-30(5,6)7)11-28-20(26)18(22-13-24)9-15(3)4/h14-18H,8-11H2,1-7H3. The maximum absolute atomic E-state index is 12.3. The van der Waals surface area contributed by atoms with Crippen molar-refractivity contribution in [3.8, 4) is 0 Å². The van der Waals surface area contributed by atoms with Crippen LogP contribution < -0.4 is 0 Å². The van der Waals surface area contributed by atoms with Crippen LogP contribution in [0.1, 0.15) is 40.5 Å². The summed E-state index contributed by atoms with van der Waals surface area (Å²) in [7, 11) is -2.06. The van der Waals surface area contributed by atoms with E-state index < -0.39 is 38.4 Å². The molecular weight excluding hydrogens is 408 g/mol. The average Bonchev–Trinajstić information content (AvgIpc) is 2.61. The fraction of sp³-hybridized carbons (Fsp3) is 0.800. The van der Waals surface area contributed by atoms with Crippen LogP contribution in [-0.4, -0.2) is 63.8 Å². The lowest BCUT2D eigenvalue weighted by atomic mass is 10.0. The van der Waals surface area contributed by atoms with Crippen LogP contribution in [0.3, 0.4) is 0 Å². The lowest BCUT2D eigenvalue weighted by molar-refractivity contribution is -0.153. The summed E-state index contributed by atoms with van der Waals surface area (Å²) in [6, 6.07) is -1.87. The van der Waals surface area contributed by atoms with E-state index in [2.05, 4.69) is 9.98 Å². The Hall–Kier alpha value is -2.12. The molecular formula is C20H34N2O7Si. The van der Waals surface area contributed by atoms with E-state index in [0.29, 0.717) is 12.8 Å². The van der Waals surface area contributed by atoms with E-state index in [9.17, 15) is 19.2 Å². The predicted molar refractivity (Wildman–Crippen MR) is 113 cm³/mol. The molecule has 10 heteroatoms. The summed E-state index contributed by atoms with van der Waals surface area (Å²) in [5.74, 6) is -1.06. The number of nitrogens with zero attached hydrogens (tertiary/aromatic N) is 2. The molecule has 0 fully saturated rings. The number of isocyanates is 2. The molecule has 0 rings (SSSR count). The Balaban J connectivity index is 5.07. The largest absolute Gasteiger partial charge is 0.461 e. The molecule has 0 aromatic rings. The zero-order valence-electron chi connectivity index (χ0n) is 19.0. The van der Waals surface area contributed by atoms with Gasteiger partial charge in [0.1, 0.15) is 19.3 Å². The third-order valence-electron chi connectivity index (χ3n) is 3.69. The molecule has 170 valence electrons. The van der Waals surface area contributed by atoms with E-state index in [1.807, 2.05) is 47.3 Å². The lowest BCUT2D eigenvalue weighted by Gasteiger charge is -2.26. The number of rotatable bonds is 14. The van der Waals surface area contributed by atoms with Crippen LogP contribution in [0.4, 0.5) is 0 Å². The number of hydrogen-bond donors (Lipinski definition) is 0. The third-order valence-corrected chi connectivity index (χ3v) is 4.73. The van der Waals surface area contributed by atoms with Gasteiger partial charge in [0.25, 0.3) is 0 Å². The van der Waals surface area contributed by atoms with E-state index >= 15 is 0 Å². The van der Waals surface area contributed by atoms with Gasteiger partial charge in [-0.2, -0.15) is 9.98 Å². The van der Waals surface area contributed by atoms with Gasteiger partial charge in [0.2, 0.25) is 12.2 Å². The highest BCUT2D eigenvalue weighted by Crippen LogP contribution is 2.14. The van der Waals surface area contributed by atoms with Gasteiger partial charge in [-0.1, -0.05) is 27.7 Å². The molecule has 0 aliphatic heterocycles. The number of carbonyl (C=O) groups excluding carboxylic acids is 4. The molecule has 0 heterocycles. The van der Waals surface area contributed by atoms with Crippen molar-refractivity contribution in [2.45, 2.75) is 78.4 Å². The van der Waals surface area contributed by atoms with E-state index in [4.69, 9.17) is 13.9 Å². The van der Waals surface area contributed by atoms with Gasteiger partial charge in [-0.05, 0) is 44.3 Å². The normalized spacial score (nSPS) is 14.3. The summed E-state index contributed by atoms with van der Waals surface area (Å²) in [5, 5.41) is 0. The van der Waals surface area contributed by atoms with Crippen LogP contribution in [0.25, 0.3) is 0 Å². The molecule has 0 bridgehead atoms. The molecule has 30 heavy (non-hydrogen) atoms. The Labute approximate surface area is 179 Å². The molecule has 0 aromatic heterocycles. The van der Waals surface area contributed by atoms with Crippen LogP contribution in [-0.2, 0) is 33.1 Å². The minimum Gasteiger partial charge on any atom is -0.461 e. The number of aliphatic imine (C=N–C) groups is 2. The second-order valence-electron chi connectivity index (χ2n) is 8.84. The fourth-order valence-corrected chi connectivity index (χ4v) is 3.72. The topological polar surface area (TPSA) is 121 Å². The highest BCUT2D eigenvalue weighted by molar-refractivity contribution is 6.69. The first-order chi connectivity index (χ1) is 13.9. The van der Waals surface area contributed by atoms with Gasteiger partial charge in [-0.15, -0.1) is 0 Å². The fourth-order valence-electron chi connectivity index (χ4n) is 2.58. The Morgan fingerprint density at radius 3 is 1.43 bits per heavy atom. The van der Waals surface area contributed by atoms with Crippen LogP contribution in [0.5, 0.6) is 0 Å². The highest BCUT2D eigenvalue weighted by atomic mass is 28.4. The molecule has 2 unspecified atom stereocenters. The predicted octanol–water partition coefficient (Wildman–Crippen LogP) is 2.79. The van der Waals surface area contributed by atoms with Gasteiger partial charge in [0.15, 0.2) is 20.4 Å². The van der Waals surface area contributed by atoms with Gasteiger partial charge >= 0.3 is 11.9 Å². The minimum absolute atomic E-state index is 0.130. The summed E-state index contributed by atoms with van der Waals surface area (Å²) in [6.07, 6.45) is 2.81. The first-order valence-electron chi connectivity index (χ1n) is 10.0. The van der Waals surface area contributed by atoms with Gasteiger partial charge in [-0.3, -0.25) is 0 Å². The van der Waals surface area contributed by atoms with Gasteiger partial charge < -0.3 is 13.9 Å². The van der Waals surface area contributed by atoms with Crippen LogP contribution >= 0.6 is 0 Å². The smallest absolute Gasteiger partial charge is 0.331 e. The molecule has 0 N–H and O–H groups in total. The lowest BCUT2D eigenvalue weighted by Crippen LogP contribution is -2.40. The Kier molecular flexibility index (Phi) is 13.0. The van der Waals surface area contributed by atoms with Crippen molar-refractivity contribution in [2.75, 3.05) is 13.2 Å². The third kappa shape index (κ3) is 13.2. The molecule has 0 saturated heterocycles. The minimum atomic E-state index is -2.06. The summed E-state index contributed by atoms with van der Waals surface area (Å²) in [4.78, 5) is 52.8. The van der Waals surface area contributed by atoms with E-state index in [1.165, 1.54) is 12.2 Å². The Morgan fingerprint density at radius 2 is 1.17 bits per heavy atom. The summed E-state index contributed by atoms with van der Waals surface area (Å²) >= 11 is 0. The molecule has 0 aliphatic carbocycles. The van der Waals surface area contributed by atoms with Crippen LogP contribution in [0, 0.1) is 11.8 Å². The van der Waals surface area contributed by atoms with Gasteiger partial charge in [-0.25, -0.2) is 19.2 Å². The van der Waals surface area contributed by atoms with Crippen molar-refractivity contribution in [3.63, 3.8) is 0 Å². The number of ether oxygens (including phenoxy) is 2. The molecule has 2 atom stereocenters. The molecule has 0 aromatic carbocycles. The SMILES string of the molecule is CC(C)CC(N=C=O)C(=O)OCC(COC(=O)C(CC(C)C)N=C=O)O[Si](C)(C)C. The Bertz CT molecular complexity index is 600. The number of carbonyl (C=O) groups is 2. The van der Waals surface area contributed by atoms with Crippen molar-refractivity contribution in [1.29, 1.82) is 0 Å². The maximum Gasteiger partial charge on any atom is 0.331 e. The van der Waals surface area contributed by atoms with Gasteiger partial charge in [0.05, 0.1) is 0 Å². The van der Waals surface area contributed by atoms with E-state index in [-0.39, 0.29) is 25.0 Å². The van der Waals surface area contributed by atoms with Crippen molar-refractivity contribution in [3.05, 3.63) is 0 Å². The first kappa shape index (κ1) is 27.9. The maximum atomic E-state index is 12.3. The van der Waals surface area contributed by atoms with Crippen molar-refractivity contribution in [2.24, 2.45) is 21.8 Å². The highest BCUT2D eigenvalue weighted by Gasteiger charge is 2.28. The quantitative estimate of drug-likeness (QED) is 0.175. The molecule has 0 spiro atoms. The van der Waals surface area contributed by atoms with E-state index in [1.54, 1.807) is 0 Å². The average molecular weight is 443 g/mol. The summed E-state index contributed by atoms with van der Waals surface area (Å²) in [6.45, 7) is 13.1. The molecule has 0 radical (unpaired) electrons. The second-order valence-corrected chi connectivity index (χ2v) is 13.3. The zero-order valence-corrected chi connectivity index (χ0v) is 20.0. The van der Waals surface area contributed by atoms with Crippen LogP contribution in [0.15, 0.2) is 9.98 Å². The van der Waals surface area contributed by atoms with E-state index in [0.717, 1.165) is 0 Å².